The smallest absolute Gasteiger partial charge is 0.256 e. The van der Waals surface area contributed by atoms with E-state index in [0.717, 1.165) is 22.6 Å². The number of benzene rings is 2. The van der Waals surface area contributed by atoms with Crippen LogP contribution in [0.3, 0.4) is 0 Å². The fraction of sp³-hybridized carbons (Fsp3) is 0.176. The first-order chi connectivity index (χ1) is 11.0. The maximum atomic E-state index is 13.2. The molecule has 1 unspecified atom stereocenters. The van der Waals surface area contributed by atoms with Gasteiger partial charge in [0.05, 0.1) is 12.1 Å². The minimum absolute atomic E-state index is 0.0356. The molecule has 1 saturated heterocycles. The summed E-state index contributed by atoms with van der Waals surface area (Å²) in [5.41, 5.74) is 1.60. The van der Waals surface area contributed by atoms with Crippen LogP contribution in [0.5, 0.6) is 0 Å². The molecule has 1 aliphatic rings. The summed E-state index contributed by atoms with van der Waals surface area (Å²) in [6.45, 7) is 1.81. The Morgan fingerprint density at radius 3 is 2.52 bits per heavy atom. The first kappa shape index (κ1) is 15.1. The largest absolute Gasteiger partial charge is 0.373 e. The van der Waals surface area contributed by atoms with Gasteiger partial charge in [-0.3, -0.25) is 9.59 Å². The lowest BCUT2D eigenvalue weighted by molar-refractivity contribution is -0.121. The van der Waals surface area contributed by atoms with Gasteiger partial charge in [-0.05, 0) is 30.7 Å². The monoisotopic (exact) mass is 316 g/mol. The third-order valence-electron chi connectivity index (χ3n) is 3.76. The summed E-state index contributed by atoms with van der Waals surface area (Å²) < 4.78 is 26.2. The fourth-order valence-electron chi connectivity index (χ4n) is 2.60. The molecule has 3 rings (SSSR count). The van der Waals surface area contributed by atoms with Gasteiger partial charge in [-0.1, -0.05) is 18.2 Å². The van der Waals surface area contributed by atoms with Crippen molar-refractivity contribution in [1.82, 2.24) is 0 Å². The molecular formula is C17H14F2N2O2. The molecule has 1 heterocycles. The van der Waals surface area contributed by atoms with E-state index in [9.17, 15) is 18.4 Å². The van der Waals surface area contributed by atoms with Gasteiger partial charge in [0.2, 0.25) is 5.91 Å². The zero-order chi connectivity index (χ0) is 16.6. The van der Waals surface area contributed by atoms with Gasteiger partial charge in [-0.2, -0.15) is 0 Å². The van der Waals surface area contributed by atoms with Crippen molar-refractivity contribution in [3.63, 3.8) is 0 Å². The molecule has 2 aromatic rings. The molecule has 0 spiro atoms. The highest BCUT2D eigenvalue weighted by molar-refractivity contribution is 6.23. The first-order valence-corrected chi connectivity index (χ1v) is 7.11. The predicted octanol–water partition coefficient (Wildman–Crippen LogP) is 3.02. The predicted molar refractivity (Wildman–Crippen MR) is 82.1 cm³/mol. The summed E-state index contributed by atoms with van der Waals surface area (Å²) in [6, 6.07) is 9.54. The second-order valence-electron chi connectivity index (χ2n) is 5.38. The van der Waals surface area contributed by atoms with Crippen LogP contribution in [-0.2, 0) is 9.59 Å². The molecule has 0 radical (unpaired) electrons. The normalized spacial score (nSPS) is 17.7. The number of para-hydroxylation sites is 1. The third-order valence-corrected chi connectivity index (χ3v) is 3.76. The summed E-state index contributed by atoms with van der Waals surface area (Å²) in [5.74, 6) is -2.72. The van der Waals surface area contributed by atoms with E-state index in [1.165, 1.54) is 6.07 Å². The Kier molecular flexibility index (Phi) is 3.82. The minimum atomic E-state index is -1.01. The van der Waals surface area contributed by atoms with Gasteiger partial charge in [-0.15, -0.1) is 0 Å². The van der Waals surface area contributed by atoms with Crippen LogP contribution >= 0.6 is 0 Å². The van der Waals surface area contributed by atoms with Gasteiger partial charge < -0.3 is 5.32 Å². The highest BCUT2D eigenvalue weighted by Crippen LogP contribution is 2.27. The van der Waals surface area contributed by atoms with E-state index in [1.807, 2.05) is 19.1 Å². The molecule has 118 valence electrons. The number of anilines is 2. The Bertz CT molecular complexity index is 792. The van der Waals surface area contributed by atoms with Crippen LogP contribution in [0.2, 0.25) is 0 Å². The van der Waals surface area contributed by atoms with Crippen molar-refractivity contribution >= 4 is 23.2 Å². The van der Waals surface area contributed by atoms with Crippen molar-refractivity contribution in [1.29, 1.82) is 0 Å². The van der Waals surface area contributed by atoms with Crippen LogP contribution in [0.25, 0.3) is 0 Å². The Morgan fingerprint density at radius 1 is 1.09 bits per heavy atom. The topological polar surface area (TPSA) is 49.4 Å². The van der Waals surface area contributed by atoms with Gasteiger partial charge in [0, 0.05) is 11.8 Å². The third kappa shape index (κ3) is 2.79. The summed E-state index contributed by atoms with van der Waals surface area (Å²) in [5, 5.41) is 2.79. The van der Waals surface area contributed by atoms with E-state index in [-0.39, 0.29) is 18.0 Å². The lowest BCUT2D eigenvalue weighted by atomic mass is 10.2. The highest BCUT2D eigenvalue weighted by atomic mass is 19.2. The number of hydrogen-bond acceptors (Lipinski definition) is 3. The van der Waals surface area contributed by atoms with Crippen LogP contribution in [0.15, 0.2) is 42.5 Å². The summed E-state index contributed by atoms with van der Waals surface area (Å²) in [6.07, 6.45) is -0.0356. The molecule has 2 amide bonds. The van der Waals surface area contributed by atoms with Crippen LogP contribution in [0, 0.1) is 18.6 Å². The van der Waals surface area contributed by atoms with Crippen molar-refractivity contribution < 1.29 is 18.4 Å². The number of rotatable bonds is 3. The maximum absolute atomic E-state index is 13.2. The molecule has 23 heavy (non-hydrogen) atoms. The maximum Gasteiger partial charge on any atom is 0.256 e. The van der Waals surface area contributed by atoms with Crippen LogP contribution in [-0.4, -0.2) is 17.9 Å². The fourth-order valence-corrected chi connectivity index (χ4v) is 2.60. The van der Waals surface area contributed by atoms with Gasteiger partial charge in [0.25, 0.3) is 5.91 Å². The van der Waals surface area contributed by atoms with Crippen LogP contribution in [0.4, 0.5) is 20.2 Å². The van der Waals surface area contributed by atoms with Gasteiger partial charge in [0.1, 0.15) is 6.04 Å². The Labute approximate surface area is 131 Å². The van der Waals surface area contributed by atoms with Gasteiger partial charge >= 0.3 is 0 Å². The second-order valence-corrected chi connectivity index (χ2v) is 5.38. The molecule has 1 atom stereocenters. The Morgan fingerprint density at radius 2 is 1.83 bits per heavy atom. The number of imide groups is 1. The van der Waals surface area contributed by atoms with E-state index in [0.29, 0.717) is 5.69 Å². The number of nitrogens with one attached hydrogen (secondary N) is 1. The van der Waals surface area contributed by atoms with Crippen molar-refractivity contribution in [2.45, 2.75) is 19.4 Å². The average molecular weight is 316 g/mol. The van der Waals surface area contributed by atoms with Crippen LogP contribution < -0.4 is 10.2 Å². The summed E-state index contributed by atoms with van der Waals surface area (Å²) in [4.78, 5) is 25.8. The molecule has 0 bridgehead atoms. The molecule has 0 saturated carbocycles. The summed E-state index contributed by atoms with van der Waals surface area (Å²) >= 11 is 0. The highest BCUT2D eigenvalue weighted by Gasteiger charge is 2.40. The SMILES string of the molecule is Cc1ccccc1N1C(=O)CC(Nc2ccc(F)c(F)c2)C1=O. The second kappa shape index (κ2) is 5.79. The molecule has 0 aromatic heterocycles. The molecule has 4 nitrogen and oxygen atoms in total. The van der Waals surface area contributed by atoms with E-state index < -0.39 is 23.6 Å². The van der Waals surface area contributed by atoms with Crippen molar-refractivity contribution in [2.24, 2.45) is 0 Å². The minimum Gasteiger partial charge on any atom is -0.373 e. The summed E-state index contributed by atoms with van der Waals surface area (Å²) in [7, 11) is 0. The molecule has 1 N–H and O–H groups in total. The lowest BCUT2D eigenvalue weighted by Crippen LogP contribution is -2.35. The van der Waals surface area contributed by atoms with Gasteiger partial charge in [-0.25, -0.2) is 13.7 Å². The number of aryl methyl sites for hydroxylation is 1. The van der Waals surface area contributed by atoms with Crippen molar-refractivity contribution in [2.75, 3.05) is 10.2 Å². The zero-order valence-electron chi connectivity index (χ0n) is 12.3. The van der Waals surface area contributed by atoms with E-state index in [2.05, 4.69) is 5.32 Å². The van der Waals surface area contributed by atoms with E-state index in [4.69, 9.17) is 0 Å². The molecule has 0 aliphatic carbocycles. The number of hydrogen-bond donors (Lipinski definition) is 1. The molecule has 1 aliphatic heterocycles. The lowest BCUT2D eigenvalue weighted by Gasteiger charge is -2.18. The van der Waals surface area contributed by atoms with Crippen LogP contribution in [0.1, 0.15) is 12.0 Å². The Hall–Kier alpha value is -2.76. The van der Waals surface area contributed by atoms with E-state index >= 15 is 0 Å². The van der Waals surface area contributed by atoms with Crippen molar-refractivity contribution in [3.05, 3.63) is 59.7 Å². The number of amides is 2. The van der Waals surface area contributed by atoms with Crippen molar-refractivity contribution in [3.8, 4) is 0 Å². The number of nitrogens with zero attached hydrogens (tertiary/aromatic N) is 1. The number of halogens is 2. The molecule has 1 fully saturated rings. The average Bonchev–Trinajstić information content (AvgIpc) is 2.78. The number of carbonyl (C=O) groups is 2. The van der Waals surface area contributed by atoms with E-state index in [1.54, 1.807) is 12.1 Å². The molecular weight excluding hydrogens is 302 g/mol. The Balaban J connectivity index is 1.84. The zero-order valence-corrected chi connectivity index (χ0v) is 12.3. The first-order valence-electron chi connectivity index (χ1n) is 7.11. The standard InChI is InChI=1S/C17H14F2N2O2/c1-10-4-2-3-5-15(10)21-16(22)9-14(17(21)23)20-11-6-7-12(18)13(19)8-11/h2-8,14,20H,9H2,1H3. The van der Waals surface area contributed by atoms with Gasteiger partial charge in [0.15, 0.2) is 11.6 Å². The molecule has 2 aromatic carbocycles. The molecule has 6 heteroatoms. The quantitative estimate of drug-likeness (QED) is 0.886. The number of carbonyl (C=O) groups excluding carboxylic acids is 2.